The first-order valence-corrected chi connectivity index (χ1v) is 5.50. The lowest BCUT2D eigenvalue weighted by Gasteiger charge is -1.99. The first-order chi connectivity index (χ1) is 6.27. The summed E-state index contributed by atoms with van der Waals surface area (Å²) in [7, 11) is -0.891. The van der Waals surface area contributed by atoms with E-state index in [-0.39, 0.29) is 0 Å². The molecule has 70 valence electrons. The van der Waals surface area contributed by atoms with Crippen molar-refractivity contribution in [2.45, 2.75) is 18.2 Å². The Kier molecular flexibility index (Phi) is 3.83. The van der Waals surface area contributed by atoms with Crippen LogP contribution in [0, 0.1) is 0 Å². The van der Waals surface area contributed by atoms with Crippen LogP contribution in [0.2, 0.25) is 0 Å². The Morgan fingerprint density at radius 2 is 1.92 bits per heavy atom. The highest BCUT2D eigenvalue weighted by Gasteiger charge is 1.99. The van der Waals surface area contributed by atoms with Crippen molar-refractivity contribution >= 4 is 17.1 Å². The summed E-state index contributed by atoms with van der Waals surface area (Å²) in [4.78, 5) is 11.0. The number of hydrogen-bond acceptors (Lipinski definition) is 2. The van der Waals surface area contributed by atoms with E-state index < -0.39 is 10.8 Å². The summed E-state index contributed by atoms with van der Waals surface area (Å²) in [5, 5.41) is 0. The van der Waals surface area contributed by atoms with Gasteiger partial charge < -0.3 is 4.79 Å². The van der Waals surface area contributed by atoms with Crippen LogP contribution in [-0.4, -0.2) is 16.2 Å². The maximum atomic E-state index is 11.3. The van der Waals surface area contributed by atoms with E-state index in [1.54, 1.807) is 0 Å². The molecule has 0 aromatic heterocycles. The monoisotopic (exact) mass is 196 g/mol. The molecule has 0 aliphatic heterocycles. The molecule has 0 radical (unpaired) electrons. The minimum atomic E-state index is -0.891. The molecule has 0 saturated heterocycles. The molecule has 3 heteroatoms. The van der Waals surface area contributed by atoms with E-state index in [0.29, 0.717) is 12.2 Å². The Morgan fingerprint density at radius 3 is 2.38 bits per heavy atom. The average Bonchev–Trinajstić information content (AvgIpc) is 2.18. The maximum absolute atomic E-state index is 11.3. The average molecular weight is 196 g/mol. The van der Waals surface area contributed by atoms with E-state index in [0.717, 1.165) is 16.7 Å². The Labute approximate surface area is 80.4 Å². The van der Waals surface area contributed by atoms with E-state index in [9.17, 15) is 9.00 Å². The molecule has 0 fully saturated rings. The molecule has 0 bridgehead atoms. The SMILES string of the molecule is CCS(=O)c1ccc(CC=O)cc1. The number of carbonyl (C=O) groups is 1. The molecule has 1 rings (SSSR count). The second kappa shape index (κ2) is 4.92. The Hall–Kier alpha value is -0.960. The number of rotatable bonds is 4. The van der Waals surface area contributed by atoms with Crippen LogP contribution in [0.15, 0.2) is 29.2 Å². The van der Waals surface area contributed by atoms with Crippen LogP contribution in [0.5, 0.6) is 0 Å². The van der Waals surface area contributed by atoms with Gasteiger partial charge in [-0.2, -0.15) is 0 Å². The van der Waals surface area contributed by atoms with Crippen molar-refractivity contribution in [3.05, 3.63) is 29.8 Å². The molecule has 2 nitrogen and oxygen atoms in total. The summed E-state index contributed by atoms with van der Waals surface area (Å²) in [5.74, 6) is 0.632. The van der Waals surface area contributed by atoms with Gasteiger partial charge in [-0.25, -0.2) is 0 Å². The van der Waals surface area contributed by atoms with Gasteiger partial charge in [0.05, 0.1) is 10.8 Å². The van der Waals surface area contributed by atoms with Gasteiger partial charge in [0, 0.05) is 17.1 Å². The largest absolute Gasteiger partial charge is 0.303 e. The van der Waals surface area contributed by atoms with Crippen LogP contribution in [0.3, 0.4) is 0 Å². The molecule has 1 aromatic carbocycles. The molecule has 13 heavy (non-hydrogen) atoms. The van der Waals surface area contributed by atoms with Crippen molar-refractivity contribution in [2.75, 3.05) is 5.75 Å². The predicted octanol–water partition coefficient (Wildman–Crippen LogP) is 1.56. The highest BCUT2D eigenvalue weighted by atomic mass is 32.2. The van der Waals surface area contributed by atoms with Gasteiger partial charge in [0.2, 0.25) is 0 Å². The lowest BCUT2D eigenvalue weighted by Crippen LogP contribution is -1.94. The molecular formula is C10H12O2S. The Balaban J connectivity index is 2.80. The number of hydrogen-bond donors (Lipinski definition) is 0. The Morgan fingerprint density at radius 1 is 1.31 bits per heavy atom. The summed E-state index contributed by atoms with van der Waals surface area (Å²) in [6.07, 6.45) is 1.30. The first-order valence-electron chi connectivity index (χ1n) is 4.19. The fraction of sp³-hybridized carbons (Fsp3) is 0.300. The first kappa shape index (κ1) is 10.1. The number of benzene rings is 1. The fourth-order valence-corrected chi connectivity index (χ4v) is 1.81. The van der Waals surface area contributed by atoms with Crippen molar-refractivity contribution in [2.24, 2.45) is 0 Å². The van der Waals surface area contributed by atoms with Crippen molar-refractivity contribution in [1.82, 2.24) is 0 Å². The molecule has 0 heterocycles. The molecule has 1 atom stereocenters. The fourth-order valence-electron chi connectivity index (χ4n) is 1.04. The van der Waals surface area contributed by atoms with Gasteiger partial charge in [0.15, 0.2) is 0 Å². The van der Waals surface area contributed by atoms with E-state index in [2.05, 4.69) is 0 Å². The molecule has 0 spiro atoms. The molecule has 0 aliphatic carbocycles. The topological polar surface area (TPSA) is 34.1 Å². The lowest BCUT2D eigenvalue weighted by atomic mass is 10.2. The van der Waals surface area contributed by atoms with Crippen molar-refractivity contribution in [1.29, 1.82) is 0 Å². The predicted molar refractivity (Wildman–Crippen MR) is 53.2 cm³/mol. The standard InChI is InChI=1S/C10H12O2S/c1-2-13(12)10-5-3-9(4-6-10)7-8-11/h3-6,8H,2,7H2,1H3. The van der Waals surface area contributed by atoms with Crippen LogP contribution in [-0.2, 0) is 22.0 Å². The van der Waals surface area contributed by atoms with Crippen LogP contribution in [0.25, 0.3) is 0 Å². The summed E-state index contributed by atoms with van der Waals surface area (Å²) < 4.78 is 11.3. The van der Waals surface area contributed by atoms with Gasteiger partial charge in [-0.05, 0) is 17.7 Å². The quantitative estimate of drug-likeness (QED) is 0.685. The molecule has 1 aromatic rings. The van der Waals surface area contributed by atoms with Crippen molar-refractivity contribution < 1.29 is 9.00 Å². The molecule has 0 amide bonds. The van der Waals surface area contributed by atoms with Crippen LogP contribution in [0.4, 0.5) is 0 Å². The van der Waals surface area contributed by atoms with Crippen LogP contribution in [0.1, 0.15) is 12.5 Å². The van der Waals surface area contributed by atoms with Crippen LogP contribution < -0.4 is 0 Å². The minimum absolute atomic E-state index is 0.430. The number of aldehydes is 1. The zero-order valence-electron chi connectivity index (χ0n) is 7.53. The van der Waals surface area contributed by atoms with Gasteiger partial charge in [-0.1, -0.05) is 19.1 Å². The summed E-state index contributed by atoms with van der Waals surface area (Å²) in [6, 6.07) is 7.32. The summed E-state index contributed by atoms with van der Waals surface area (Å²) >= 11 is 0. The highest BCUT2D eigenvalue weighted by molar-refractivity contribution is 7.85. The number of carbonyl (C=O) groups excluding carboxylic acids is 1. The smallest absolute Gasteiger partial charge is 0.124 e. The van der Waals surface area contributed by atoms with Gasteiger partial charge in [0.1, 0.15) is 6.29 Å². The van der Waals surface area contributed by atoms with Crippen molar-refractivity contribution in [3.8, 4) is 0 Å². The molecule has 0 N–H and O–H groups in total. The van der Waals surface area contributed by atoms with Crippen LogP contribution >= 0.6 is 0 Å². The summed E-state index contributed by atoms with van der Waals surface area (Å²) in [6.45, 7) is 1.88. The van der Waals surface area contributed by atoms with Gasteiger partial charge >= 0.3 is 0 Å². The van der Waals surface area contributed by atoms with E-state index >= 15 is 0 Å². The van der Waals surface area contributed by atoms with Gasteiger partial charge in [-0.15, -0.1) is 0 Å². The zero-order valence-corrected chi connectivity index (χ0v) is 8.34. The molecule has 0 saturated carbocycles. The zero-order chi connectivity index (χ0) is 9.68. The van der Waals surface area contributed by atoms with Gasteiger partial charge in [-0.3, -0.25) is 4.21 Å². The third-order valence-electron chi connectivity index (χ3n) is 1.77. The molecule has 0 aliphatic rings. The van der Waals surface area contributed by atoms with E-state index in [4.69, 9.17) is 0 Å². The van der Waals surface area contributed by atoms with Gasteiger partial charge in [0.25, 0.3) is 0 Å². The second-order valence-corrected chi connectivity index (χ2v) is 4.39. The maximum Gasteiger partial charge on any atom is 0.124 e. The van der Waals surface area contributed by atoms with Crippen molar-refractivity contribution in [3.63, 3.8) is 0 Å². The summed E-state index contributed by atoms with van der Waals surface area (Å²) in [5.41, 5.74) is 0.965. The second-order valence-electron chi connectivity index (χ2n) is 2.65. The Bertz CT molecular complexity index is 303. The highest BCUT2D eigenvalue weighted by Crippen LogP contribution is 2.08. The normalized spacial score (nSPS) is 12.4. The minimum Gasteiger partial charge on any atom is -0.303 e. The molecular weight excluding hydrogens is 184 g/mol. The lowest BCUT2D eigenvalue weighted by molar-refractivity contribution is -0.107. The third-order valence-corrected chi connectivity index (χ3v) is 3.09. The van der Waals surface area contributed by atoms with E-state index in [1.807, 2.05) is 31.2 Å². The van der Waals surface area contributed by atoms with E-state index in [1.165, 1.54) is 0 Å². The molecule has 1 unspecified atom stereocenters. The third kappa shape index (κ3) is 2.77.